The van der Waals surface area contributed by atoms with Gasteiger partial charge in [-0.3, -0.25) is 0 Å². The van der Waals surface area contributed by atoms with Gasteiger partial charge in [-0.2, -0.15) is 0 Å². The zero-order valence-electron chi connectivity index (χ0n) is 17.5. The Kier molecular flexibility index (Phi) is 10.0. The molecule has 0 heterocycles. The Morgan fingerprint density at radius 2 is 1.85 bits per heavy atom. The minimum atomic E-state index is 0.774. The van der Waals surface area contributed by atoms with Gasteiger partial charge in [0.15, 0.2) is 0 Å². The molecule has 0 saturated heterocycles. The van der Waals surface area contributed by atoms with E-state index in [9.17, 15) is 0 Å². The first-order valence-electron chi connectivity index (χ1n) is 10.9. The third kappa shape index (κ3) is 8.20. The highest BCUT2D eigenvalue weighted by Crippen LogP contribution is 2.40. The Morgan fingerprint density at radius 1 is 1.07 bits per heavy atom. The smallest absolute Gasteiger partial charge is 0.00311 e. The summed E-state index contributed by atoms with van der Waals surface area (Å²) in [6.07, 6.45) is 20.9. The highest BCUT2D eigenvalue weighted by Gasteiger charge is 2.30. The molecule has 1 unspecified atom stereocenters. The van der Waals surface area contributed by atoms with Crippen molar-refractivity contribution in [2.75, 3.05) is 7.05 Å². The summed E-state index contributed by atoms with van der Waals surface area (Å²) in [4.78, 5) is 0. The van der Waals surface area contributed by atoms with Crippen LogP contribution in [0.15, 0.2) is 66.9 Å². The number of hydrogen-bond acceptors (Lipinski definition) is 1. The van der Waals surface area contributed by atoms with Crippen LogP contribution in [0.2, 0.25) is 0 Å². The fourth-order valence-electron chi connectivity index (χ4n) is 4.22. The normalized spacial score (nSPS) is 22.7. The Balaban J connectivity index is 1.66. The molecular formula is C26H39N. The minimum Gasteiger partial charge on any atom is -0.392 e. The fourth-order valence-corrected chi connectivity index (χ4v) is 4.22. The van der Waals surface area contributed by atoms with E-state index in [1.165, 1.54) is 56.9 Å². The molecule has 1 fully saturated rings. The van der Waals surface area contributed by atoms with Crippen molar-refractivity contribution >= 4 is 0 Å². The molecule has 1 aliphatic rings. The quantitative estimate of drug-likeness (QED) is 0.308. The van der Waals surface area contributed by atoms with E-state index in [1.807, 2.05) is 7.05 Å². The molecule has 0 aromatic heterocycles. The average molecular weight is 366 g/mol. The predicted octanol–water partition coefficient (Wildman–Crippen LogP) is 7.08. The van der Waals surface area contributed by atoms with Crippen LogP contribution in [0.4, 0.5) is 0 Å². The Morgan fingerprint density at radius 3 is 2.63 bits per heavy atom. The van der Waals surface area contributed by atoms with Crippen LogP contribution in [0.3, 0.4) is 0 Å². The molecule has 1 aromatic rings. The van der Waals surface area contributed by atoms with E-state index in [0.29, 0.717) is 0 Å². The molecule has 1 aliphatic carbocycles. The van der Waals surface area contributed by atoms with Crippen molar-refractivity contribution in [3.8, 4) is 0 Å². The van der Waals surface area contributed by atoms with Gasteiger partial charge in [0.2, 0.25) is 0 Å². The monoisotopic (exact) mass is 365 g/mol. The third-order valence-electron chi connectivity index (χ3n) is 6.04. The van der Waals surface area contributed by atoms with Crippen LogP contribution in [-0.4, -0.2) is 7.05 Å². The van der Waals surface area contributed by atoms with Gasteiger partial charge in [-0.05, 0) is 81.1 Å². The van der Waals surface area contributed by atoms with Gasteiger partial charge in [0.1, 0.15) is 0 Å². The number of rotatable bonds is 12. The van der Waals surface area contributed by atoms with Crippen molar-refractivity contribution < 1.29 is 0 Å². The zero-order chi connectivity index (χ0) is 19.3. The van der Waals surface area contributed by atoms with Crippen molar-refractivity contribution in [3.63, 3.8) is 0 Å². The van der Waals surface area contributed by atoms with Crippen molar-refractivity contribution in [1.29, 1.82) is 0 Å². The molecule has 148 valence electrons. The molecular weight excluding hydrogens is 326 g/mol. The number of benzene rings is 1. The Bertz CT molecular complexity index is 583. The van der Waals surface area contributed by atoms with E-state index >= 15 is 0 Å². The largest absolute Gasteiger partial charge is 0.392 e. The SMILES string of the molecule is C=C(CCC/C=C\C[C@H]1CC[C@@H](C)C1/C=C/CCCc1ccccc1)NC. The van der Waals surface area contributed by atoms with Crippen LogP contribution in [0.5, 0.6) is 0 Å². The Labute approximate surface area is 167 Å². The first kappa shape index (κ1) is 21.5. The maximum absolute atomic E-state index is 3.99. The molecule has 1 saturated carbocycles. The summed E-state index contributed by atoms with van der Waals surface area (Å²) in [5.41, 5.74) is 2.60. The van der Waals surface area contributed by atoms with Gasteiger partial charge in [-0.1, -0.05) is 68.1 Å². The first-order valence-corrected chi connectivity index (χ1v) is 10.9. The lowest BCUT2D eigenvalue weighted by molar-refractivity contribution is 0.402. The Hall–Kier alpha value is -1.76. The number of hydrogen-bond donors (Lipinski definition) is 1. The van der Waals surface area contributed by atoms with Crippen LogP contribution in [0.1, 0.15) is 63.9 Å². The average Bonchev–Trinajstić information content (AvgIpc) is 3.04. The van der Waals surface area contributed by atoms with Gasteiger partial charge in [-0.15, -0.1) is 0 Å². The number of nitrogens with one attached hydrogen (secondary N) is 1. The van der Waals surface area contributed by atoms with Crippen molar-refractivity contribution in [3.05, 3.63) is 72.5 Å². The van der Waals surface area contributed by atoms with E-state index in [4.69, 9.17) is 0 Å². The lowest BCUT2D eigenvalue weighted by Gasteiger charge is -2.18. The van der Waals surface area contributed by atoms with Gasteiger partial charge >= 0.3 is 0 Å². The number of aryl methyl sites for hydroxylation is 1. The summed E-state index contributed by atoms with van der Waals surface area (Å²) in [5, 5.41) is 3.12. The van der Waals surface area contributed by atoms with E-state index < -0.39 is 0 Å². The van der Waals surface area contributed by atoms with E-state index in [2.05, 4.69) is 73.5 Å². The third-order valence-corrected chi connectivity index (χ3v) is 6.04. The minimum absolute atomic E-state index is 0.774. The number of unbranched alkanes of at least 4 members (excludes halogenated alkanes) is 2. The van der Waals surface area contributed by atoms with Gasteiger partial charge in [0.25, 0.3) is 0 Å². The molecule has 27 heavy (non-hydrogen) atoms. The fraction of sp³-hybridized carbons (Fsp3) is 0.538. The number of allylic oxidation sites excluding steroid dienone is 5. The maximum atomic E-state index is 3.99. The molecule has 2 rings (SSSR count). The molecule has 1 heteroatoms. The highest BCUT2D eigenvalue weighted by molar-refractivity contribution is 5.14. The summed E-state index contributed by atoms with van der Waals surface area (Å²) < 4.78 is 0. The van der Waals surface area contributed by atoms with Crippen LogP contribution < -0.4 is 5.32 Å². The standard InChI is InChI=1S/C26H39N/c1-22-20-21-25(18-12-5-4-8-14-23(2)27-3)26(22)19-13-7-11-17-24-15-9-6-10-16-24/h5-6,9-10,12-13,15-16,19,22,25-27H,2,4,7-8,11,14,17-18,20-21H2,1,3H3/b12-5-,19-13+/t22-,25+,26?/m1/s1. The summed E-state index contributed by atoms with van der Waals surface area (Å²) in [5.74, 6) is 2.46. The molecule has 0 amide bonds. The van der Waals surface area contributed by atoms with E-state index in [-0.39, 0.29) is 0 Å². The van der Waals surface area contributed by atoms with E-state index in [1.54, 1.807) is 0 Å². The van der Waals surface area contributed by atoms with Crippen molar-refractivity contribution in [2.24, 2.45) is 17.8 Å². The van der Waals surface area contributed by atoms with Crippen LogP contribution in [0, 0.1) is 17.8 Å². The van der Waals surface area contributed by atoms with Crippen LogP contribution in [0.25, 0.3) is 0 Å². The lowest BCUT2D eigenvalue weighted by atomic mass is 9.87. The summed E-state index contributed by atoms with van der Waals surface area (Å²) in [7, 11) is 1.95. The zero-order valence-corrected chi connectivity index (χ0v) is 17.5. The second-order valence-corrected chi connectivity index (χ2v) is 8.15. The van der Waals surface area contributed by atoms with Crippen molar-refractivity contribution in [1.82, 2.24) is 5.32 Å². The van der Waals surface area contributed by atoms with Gasteiger partial charge < -0.3 is 5.32 Å². The molecule has 0 bridgehead atoms. The van der Waals surface area contributed by atoms with Crippen molar-refractivity contribution in [2.45, 2.75) is 64.7 Å². The van der Waals surface area contributed by atoms with Crippen LogP contribution >= 0.6 is 0 Å². The van der Waals surface area contributed by atoms with Gasteiger partial charge in [0, 0.05) is 12.7 Å². The van der Waals surface area contributed by atoms with Gasteiger partial charge in [-0.25, -0.2) is 0 Å². The summed E-state index contributed by atoms with van der Waals surface area (Å²) >= 11 is 0. The predicted molar refractivity (Wildman–Crippen MR) is 120 cm³/mol. The van der Waals surface area contributed by atoms with E-state index in [0.717, 1.165) is 29.9 Å². The molecule has 0 radical (unpaired) electrons. The summed E-state index contributed by atoms with van der Waals surface area (Å²) in [6, 6.07) is 10.8. The summed E-state index contributed by atoms with van der Waals surface area (Å²) in [6.45, 7) is 6.42. The highest BCUT2D eigenvalue weighted by atomic mass is 14.8. The first-order chi connectivity index (χ1) is 13.2. The van der Waals surface area contributed by atoms with Crippen LogP contribution in [-0.2, 0) is 6.42 Å². The molecule has 1 nitrogen and oxygen atoms in total. The topological polar surface area (TPSA) is 12.0 Å². The second kappa shape index (κ2) is 12.6. The molecule has 0 spiro atoms. The molecule has 0 aliphatic heterocycles. The lowest BCUT2D eigenvalue weighted by Crippen LogP contribution is -2.09. The maximum Gasteiger partial charge on any atom is 0.00311 e. The molecule has 3 atom stereocenters. The molecule has 1 aromatic carbocycles. The second-order valence-electron chi connectivity index (χ2n) is 8.15. The van der Waals surface area contributed by atoms with Gasteiger partial charge in [0.05, 0.1) is 0 Å². The molecule has 1 N–H and O–H groups in total.